The summed E-state index contributed by atoms with van der Waals surface area (Å²) in [7, 11) is -3.45. The van der Waals surface area contributed by atoms with Crippen LogP contribution in [0.4, 0.5) is 8.78 Å². The van der Waals surface area contributed by atoms with Gasteiger partial charge in [-0.1, -0.05) is 12.1 Å². The van der Waals surface area contributed by atoms with Crippen molar-refractivity contribution in [3.8, 4) is 5.69 Å². The van der Waals surface area contributed by atoms with Crippen molar-refractivity contribution >= 4 is 43.5 Å². The summed E-state index contributed by atoms with van der Waals surface area (Å²) in [4.78, 5) is 38.8. The number of carbonyl (C=O) groups excluding carboxylic acids is 2. The minimum absolute atomic E-state index is 0.00440. The van der Waals surface area contributed by atoms with Gasteiger partial charge in [0.1, 0.15) is 5.56 Å². The molecule has 0 bridgehead atoms. The van der Waals surface area contributed by atoms with E-state index in [1.807, 2.05) is 0 Å². The SMILES string of the molecule is NC(=O)c1cccc2cc(C(=O)NC3C=CS(=O)(=O)C3)c(=O)n(-c3ccc4nn(C(F)F)cc4c3)c12. The fraction of sp³-hybridized carbons (Fsp3) is 0.130. The van der Waals surface area contributed by atoms with Crippen molar-refractivity contribution in [3.63, 3.8) is 0 Å². The topological polar surface area (TPSA) is 146 Å². The molecule has 1 aliphatic rings. The van der Waals surface area contributed by atoms with E-state index in [2.05, 4.69) is 10.4 Å². The molecule has 3 N–H and O–H groups in total. The van der Waals surface area contributed by atoms with E-state index in [0.29, 0.717) is 15.5 Å². The summed E-state index contributed by atoms with van der Waals surface area (Å²) in [5.41, 5.74) is 4.96. The molecule has 2 aromatic heterocycles. The number of alkyl halides is 2. The molecule has 1 unspecified atom stereocenters. The van der Waals surface area contributed by atoms with Crippen LogP contribution < -0.4 is 16.6 Å². The van der Waals surface area contributed by atoms with Crippen LogP contribution >= 0.6 is 0 Å². The minimum Gasteiger partial charge on any atom is -0.366 e. The zero-order valence-electron chi connectivity index (χ0n) is 18.3. The lowest BCUT2D eigenvalue weighted by atomic mass is 10.0. The summed E-state index contributed by atoms with van der Waals surface area (Å²) in [6.07, 6.45) is 2.42. The molecule has 0 spiro atoms. The summed E-state index contributed by atoms with van der Waals surface area (Å²) in [6, 6.07) is 9.28. The second kappa shape index (κ2) is 8.37. The highest BCUT2D eigenvalue weighted by molar-refractivity contribution is 7.94. The van der Waals surface area contributed by atoms with Gasteiger partial charge >= 0.3 is 6.55 Å². The van der Waals surface area contributed by atoms with E-state index in [1.165, 1.54) is 42.5 Å². The maximum atomic E-state index is 13.6. The van der Waals surface area contributed by atoms with E-state index in [4.69, 9.17) is 5.73 Å². The Hall–Kier alpha value is -4.39. The second-order valence-electron chi connectivity index (χ2n) is 8.17. The van der Waals surface area contributed by atoms with Crippen LogP contribution in [0, 0.1) is 0 Å². The lowest BCUT2D eigenvalue weighted by molar-refractivity contribution is 0.0573. The van der Waals surface area contributed by atoms with Gasteiger partial charge in [-0.25, -0.2) is 13.1 Å². The molecule has 2 amide bonds. The summed E-state index contributed by atoms with van der Waals surface area (Å²) in [6.45, 7) is -2.87. The number of aromatic nitrogens is 3. The average Bonchev–Trinajstić information content (AvgIpc) is 3.40. The third-order valence-corrected chi connectivity index (χ3v) is 7.14. The number of benzene rings is 2. The lowest BCUT2D eigenvalue weighted by Crippen LogP contribution is -2.39. The number of sulfone groups is 1. The first-order valence-corrected chi connectivity index (χ1v) is 12.2. The second-order valence-corrected chi connectivity index (χ2v) is 10.1. The number of rotatable bonds is 5. The van der Waals surface area contributed by atoms with E-state index in [-0.39, 0.29) is 33.6 Å². The Labute approximate surface area is 201 Å². The number of primary amides is 1. The Morgan fingerprint density at radius 3 is 2.56 bits per heavy atom. The Morgan fingerprint density at radius 1 is 1.11 bits per heavy atom. The Balaban J connectivity index is 1.72. The monoisotopic (exact) mass is 513 g/mol. The highest BCUT2D eigenvalue weighted by atomic mass is 32.2. The molecule has 0 aliphatic carbocycles. The van der Waals surface area contributed by atoms with Gasteiger partial charge in [0.15, 0.2) is 9.84 Å². The fourth-order valence-electron chi connectivity index (χ4n) is 4.16. The van der Waals surface area contributed by atoms with Gasteiger partial charge in [-0.3, -0.25) is 19.0 Å². The third kappa shape index (κ3) is 4.02. The largest absolute Gasteiger partial charge is 0.366 e. The van der Waals surface area contributed by atoms with Crippen LogP contribution in [0.5, 0.6) is 0 Å². The predicted molar refractivity (Wildman–Crippen MR) is 127 cm³/mol. The van der Waals surface area contributed by atoms with Gasteiger partial charge in [-0.15, -0.1) is 0 Å². The molecule has 5 rings (SSSR count). The number of para-hydroxylation sites is 1. The maximum absolute atomic E-state index is 13.6. The zero-order valence-corrected chi connectivity index (χ0v) is 19.1. The molecule has 0 saturated heterocycles. The molecule has 0 fully saturated rings. The molecule has 4 aromatic rings. The minimum atomic E-state index is -3.45. The molecule has 10 nitrogen and oxygen atoms in total. The highest BCUT2D eigenvalue weighted by Gasteiger charge is 2.26. The number of hydrogen-bond donors (Lipinski definition) is 2. The van der Waals surface area contributed by atoms with Crippen LogP contribution in [0.2, 0.25) is 0 Å². The first-order valence-electron chi connectivity index (χ1n) is 10.5. The molecule has 1 atom stereocenters. The standard InChI is InChI=1S/C23H17F2N5O5S/c24-23(25)29-10-13-8-15(4-5-18(13)28-29)30-19-12(2-1-3-16(19)20(26)31)9-17(22(30)33)21(32)27-14-6-7-36(34,35)11-14/h1-10,14,23H,11H2,(H2,26,31)(H,27,32). The fourth-order valence-corrected chi connectivity index (χ4v) is 5.39. The maximum Gasteiger partial charge on any atom is 0.333 e. The van der Waals surface area contributed by atoms with Crippen molar-refractivity contribution in [1.29, 1.82) is 0 Å². The van der Waals surface area contributed by atoms with Crippen molar-refractivity contribution in [3.05, 3.63) is 81.6 Å². The van der Waals surface area contributed by atoms with Gasteiger partial charge < -0.3 is 11.1 Å². The van der Waals surface area contributed by atoms with Gasteiger partial charge in [0.25, 0.3) is 17.4 Å². The summed E-state index contributed by atoms with van der Waals surface area (Å²) in [5.74, 6) is -1.98. The highest BCUT2D eigenvalue weighted by Crippen LogP contribution is 2.25. The van der Waals surface area contributed by atoms with Crippen LogP contribution in [0.3, 0.4) is 0 Å². The third-order valence-electron chi connectivity index (χ3n) is 5.74. The summed E-state index contributed by atoms with van der Waals surface area (Å²) in [5, 5.41) is 7.90. The number of pyridine rings is 1. The van der Waals surface area contributed by atoms with Crippen molar-refractivity contribution in [2.24, 2.45) is 5.73 Å². The lowest BCUT2D eigenvalue weighted by Gasteiger charge is -2.16. The van der Waals surface area contributed by atoms with Crippen molar-refractivity contribution in [2.45, 2.75) is 12.6 Å². The molecular formula is C23H17F2N5O5S. The molecule has 0 radical (unpaired) electrons. The summed E-state index contributed by atoms with van der Waals surface area (Å²) < 4.78 is 51.2. The first-order chi connectivity index (χ1) is 17.0. The van der Waals surface area contributed by atoms with E-state index in [0.717, 1.165) is 16.2 Å². The van der Waals surface area contributed by atoms with Crippen molar-refractivity contribution in [2.75, 3.05) is 5.75 Å². The first kappa shape index (κ1) is 23.4. The van der Waals surface area contributed by atoms with Gasteiger partial charge in [0, 0.05) is 22.4 Å². The smallest absolute Gasteiger partial charge is 0.333 e. The van der Waals surface area contributed by atoms with Gasteiger partial charge in [-0.2, -0.15) is 13.9 Å². The van der Waals surface area contributed by atoms with Crippen molar-refractivity contribution < 1.29 is 26.8 Å². The Kier molecular flexibility index (Phi) is 5.43. The van der Waals surface area contributed by atoms with E-state index >= 15 is 0 Å². The quantitative estimate of drug-likeness (QED) is 0.417. The number of nitrogens with zero attached hydrogens (tertiary/aromatic N) is 3. The number of hydrogen-bond acceptors (Lipinski definition) is 6. The Bertz CT molecular complexity index is 1780. The summed E-state index contributed by atoms with van der Waals surface area (Å²) >= 11 is 0. The van der Waals surface area contributed by atoms with Gasteiger partial charge in [0.2, 0.25) is 0 Å². The van der Waals surface area contributed by atoms with Gasteiger partial charge in [0.05, 0.1) is 34.1 Å². The van der Waals surface area contributed by atoms with Crippen LogP contribution in [-0.4, -0.2) is 46.4 Å². The molecule has 2 aromatic carbocycles. The number of fused-ring (bicyclic) bond motifs is 2. The molecule has 36 heavy (non-hydrogen) atoms. The van der Waals surface area contributed by atoms with Crippen LogP contribution in [0.25, 0.3) is 27.5 Å². The number of amides is 2. The van der Waals surface area contributed by atoms with Gasteiger partial charge in [-0.05, 0) is 36.4 Å². The number of nitrogens with one attached hydrogen (secondary N) is 1. The Morgan fingerprint density at radius 2 is 1.89 bits per heavy atom. The number of nitrogens with two attached hydrogens (primary N) is 1. The van der Waals surface area contributed by atoms with E-state index in [9.17, 15) is 31.6 Å². The average molecular weight is 513 g/mol. The molecular weight excluding hydrogens is 496 g/mol. The molecule has 13 heteroatoms. The number of carbonyl (C=O) groups is 2. The van der Waals surface area contributed by atoms with E-state index < -0.39 is 39.8 Å². The zero-order chi connectivity index (χ0) is 25.8. The number of halogens is 2. The molecule has 184 valence electrons. The van der Waals surface area contributed by atoms with E-state index in [1.54, 1.807) is 6.07 Å². The molecule has 0 saturated carbocycles. The predicted octanol–water partition coefficient (Wildman–Crippen LogP) is 1.87. The molecule has 3 heterocycles. The van der Waals surface area contributed by atoms with Crippen molar-refractivity contribution in [1.82, 2.24) is 19.7 Å². The molecule has 1 aliphatic heterocycles. The van der Waals surface area contributed by atoms with Crippen LogP contribution in [0.1, 0.15) is 27.3 Å². The van der Waals surface area contributed by atoms with Crippen LogP contribution in [0.15, 0.2) is 64.9 Å². The van der Waals surface area contributed by atoms with Crippen LogP contribution in [-0.2, 0) is 9.84 Å². The normalized spacial score (nSPS) is 16.7.